The average Bonchev–Trinajstić information content (AvgIpc) is 2.60. The van der Waals surface area contributed by atoms with Crippen molar-refractivity contribution in [3.8, 4) is 0 Å². The Morgan fingerprint density at radius 2 is 1.62 bits per heavy atom. The molecule has 3 rings (SSSR count). The van der Waals surface area contributed by atoms with Crippen molar-refractivity contribution in [1.29, 1.82) is 0 Å². The zero-order chi connectivity index (χ0) is 17.1. The Kier molecular flexibility index (Phi) is 4.50. The third kappa shape index (κ3) is 2.72. The monoisotopic (exact) mass is 328 g/mol. The average molecular weight is 328 g/mol. The molecule has 0 atom stereocenters. The maximum absolute atomic E-state index is 12.7. The Labute approximate surface area is 134 Å². The predicted molar refractivity (Wildman–Crippen MR) is 90.5 cm³/mol. The van der Waals surface area contributed by atoms with Crippen molar-refractivity contribution in [2.24, 2.45) is 4.99 Å². The fraction of sp³-hybridized carbons (Fsp3) is 0.250. The van der Waals surface area contributed by atoms with Gasteiger partial charge in [0.25, 0.3) is 0 Å². The zero-order valence-electron chi connectivity index (χ0n) is 12.8. The van der Waals surface area contributed by atoms with E-state index >= 15 is 0 Å². The lowest BCUT2D eigenvalue weighted by Gasteiger charge is -2.02. The minimum absolute atomic E-state index is 0.0254. The fourth-order valence-corrected chi connectivity index (χ4v) is 2.65. The Hall–Kier alpha value is -2.84. The van der Waals surface area contributed by atoms with Crippen molar-refractivity contribution in [3.63, 3.8) is 0 Å². The second-order valence-electron chi connectivity index (χ2n) is 5.25. The molecule has 0 amide bonds. The summed E-state index contributed by atoms with van der Waals surface area (Å²) in [7, 11) is 0. The number of nitrogens with one attached hydrogen (secondary N) is 3. The van der Waals surface area contributed by atoms with E-state index in [1.807, 2.05) is 0 Å². The molecule has 4 N–H and O–H groups in total. The van der Waals surface area contributed by atoms with Gasteiger partial charge in [-0.25, -0.2) is 0 Å². The number of aromatic amines is 2. The van der Waals surface area contributed by atoms with Gasteiger partial charge in [-0.15, -0.1) is 0 Å². The number of nitrogens with zero attached hydrogens (tertiary/aromatic N) is 1. The van der Waals surface area contributed by atoms with Crippen LogP contribution in [0.25, 0.3) is 21.5 Å². The third-order valence-corrected chi connectivity index (χ3v) is 3.75. The molecule has 0 unspecified atom stereocenters. The number of aliphatic hydroxyl groups excluding tert-OH is 1. The van der Waals surface area contributed by atoms with E-state index in [0.29, 0.717) is 25.0 Å². The molecule has 0 radical (unpaired) electrons. The minimum Gasteiger partial charge on any atom is -0.395 e. The van der Waals surface area contributed by atoms with Crippen LogP contribution in [0.3, 0.4) is 0 Å². The van der Waals surface area contributed by atoms with Crippen LogP contribution < -0.4 is 27.0 Å². The van der Waals surface area contributed by atoms with Crippen molar-refractivity contribution >= 4 is 21.5 Å². The van der Waals surface area contributed by atoms with Gasteiger partial charge in [-0.05, 0) is 12.1 Å². The number of aliphatic hydroxyl groups is 1. The van der Waals surface area contributed by atoms with E-state index in [1.54, 1.807) is 0 Å². The Balaban J connectivity index is 2.28. The molecule has 0 aliphatic heterocycles. The lowest BCUT2D eigenvalue weighted by atomic mass is 10.0. The normalized spacial score (nSPS) is 12.3. The Bertz CT molecular complexity index is 1120. The summed E-state index contributed by atoms with van der Waals surface area (Å²) in [4.78, 5) is 41.7. The molecule has 0 saturated carbocycles. The topological polar surface area (TPSA) is 127 Å². The van der Waals surface area contributed by atoms with E-state index < -0.39 is 16.3 Å². The predicted octanol–water partition coefficient (Wildman–Crippen LogP) is -1.35. The van der Waals surface area contributed by atoms with E-state index in [4.69, 9.17) is 5.11 Å². The number of hydrogen-bond acceptors (Lipinski definition) is 6. The molecular formula is C16H16N4O4. The summed E-state index contributed by atoms with van der Waals surface area (Å²) in [6.07, 6.45) is 2.78. The molecule has 0 aliphatic rings. The van der Waals surface area contributed by atoms with E-state index in [1.165, 1.54) is 24.5 Å². The Morgan fingerprint density at radius 1 is 0.958 bits per heavy atom. The highest BCUT2D eigenvalue weighted by atomic mass is 16.3. The summed E-state index contributed by atoms with van der Waals surface area (Å²) >= 11 is 0. The molecule has 8 nitrogen and oxygen atoms in total. The van der Waals surface area contributed by atoms with E-state index in [2.05, 4.69) is 20.5 Å². The van der Waals surface area contributed by atoms with Crippen LogP contribution in [0.1, 0.15) is 0 Å². The molecule has 0 saturated heterocycles. The quantitative estimate of drug-likeness (QED) is 0.340. The van der Waals surface area contributed by atoms with Crippen LogP contribution >= 0.6 is 0 Å². The van der Waals surface area contributed by atoms with Gasteiger partial charge in [-0.3, -0.25) is 19.4 Å². The van der Waals surface area contributed by atoms with E-state index in [0.717, 1.165) is 0 Å². The molecule has 124 valence electrons. The van der Waals surface area contributed by atoms with E-state index in [9.17, 15) is 14.4 Å². The first-order valence-corrected chi connectivity index (χ1v) is 7.49. The molecule has 1 aromatic heterocycles. The minimum atomic E-state index is -0.487. The van der Waals surface area contributed by atoms with Gasteiger partial charge < -0.3 is 20.6 Å². The summed E-state index contributed by atoms with van der Waals surface area (Å²) in [5.74, 6) is 0. The van der Waals surface area contributed by atoms with Gasteiger partial charge in [0.15, 0.2) is 16.3 Å². The van der Waals surface area contributed by atoms with Crippen LogP contribution in [-0.4, -0.2) is 41.5 Å². The Morgan fingerprint density at radius 3 is 2.29 bits per heavy atom. The molecule has 0 spiro atoms. The first-order chi connectivity index (χ1) is 11.6. The van der Waals surface area contributed by atoms with Gasteiger partial charge >= 0.3 is 0 Å². The van der Waals surface area contributed by atoms with Crippen molar-refractivity contribution < 1.29 is 5.11 Å². The van der Waals surface area contributed by atoms with Crippen molar-refractivity contribution in [2.75, 3.05) is 26.2 Å². The number of H-pyrrole nitrogens is 2. The van der Waals surface area contributed by atoms with Crippen molar-refractivity contribution in [1.82, 2.24) is 15.5 Å². The summed E-state index contributed by atoms with van der Waals surface area (Å²) in [6.45, 7) is 1.34. The second kappa shape index (κ2) is 6.73. The maximum Gasteiger partial charge on any atom is 0.200 e. The van der Waals surface area contributed by atoms with Crippen LogP contribution in [0.4, 0.5) is 0 Å². The number of benzene rings is 2. The lowest BCUT2D eigenvalue weighted by Crippen LogP contribution is -2.27. The molecule has 1 heterocycles. The molecule has 0 fully saturated rings. The highest BCUT2D eigenvalue weighted by Crippen LogP contribution is 2.05. The number of hydrogen-bond donors (Lipinski definition) is 4. The van der Waals surface area contributed by atoms with Crippen molar-refractivity contribution in [3.05, 3.63) is 60.6 Å². The first kappa shape index (κ1) is 16.0. The van der Waals surface area contributed by atoms with Gasteiger partial charge in [0.2, 0.25) is 0 Å². The van der Waals surface area contributed by atoms with Crippen LogP contribution in [-0.2, 0) is 0 Å². The van der Waals surface area contributed by atoms with Crippen LogP contribution in [0.2, 0.25) is 0 Å². The first-order valence-electron chi connectivity index (χ1n) is 7.49. The lowest BCUT2D eigenvalue weighted by molar-refractivity contribution is 0.293. The fourth-order valence-electron chi connectivity index (χ4n) is 2.65. The maximum atomic E-state index is 12.7. The summed E-state index contributed by atoms with van der Waals surface area (Å²) in [5, 5.41) is 17.6. The molecule has 3 aromatic rings. The van der Waals surface area contributed by atoms with Crippen LogP contribution in [0, 0.1) is 0 Å². The molecular weight excluding hydrogens is 312 g/mol. The van der Waals surface area contributed by atoms with Crippen LogP contribution in [0.5, 0.6) is 0 Å². The molecule has 24 heavy (non-hydrogen) atoms. The van der Waals surface area contributed by atoms with Gasteiger partial charge in [0.1, 0.15) is 0 Å². The molecule has 0 aliphatic carbocycles. The standard InChI is InChI=1S/C16H16N4O4/c21-6-5-17-3-4-18-11-1-2-12(22)14-13(11)15(23)9-7-19-20-8-10(9)16(14)24/h1-2,7-8,17,19-21H,3-6H2. The van der Waals surface area contributed by atoms with Crippen LogP contribution in [0.15, 0.2) is 43.9 Å². The largest absolute Gasteiger partial charge is 0.395 e. The summed E-state index contributed by atoms with van der Waals surface area (Å²) in [6, 6.07) is 2.72. The SMILES string of the molecule is O=c1ccc(=NCCNCCO)c2c(=O)c3c[nH][nH]cc3c(=O)c12. The number of fused-ring (bicyclic) bond motifs is 2. The van der Waals surface area contributed by atoms with Gasteiger partial charge in [-0.1, -0.05) is 0 Å². The zero-order valence-corrected chi connectivity index (χ0v) is 12.8. The van der Waals surface area contributed by atoms with Crippen molar-refractivity contribution in [2.45, 2.75) is 0 Å². The number of aromatic nitrogens is 2. The smallest absolute Gasteiger partial charge is 0.200 e. The molecule has 0 bridgehead atoms. The number of rotatable bonds is 5. The summed E-state index contributed by atoms with van der Waals surface area (Å²) < 4.78 is 0. The van der Waals surface area contributed by atoms with E-state index in [-0.39, 0.29) is 28.2 Å². The molecule has 2 aromatic carbocycles. The molecule has 8 heteroatoms. The van der Waals surface area contributed by atoms with Gasteiger partial charge in [0.05, 0.1) is 40.1 Å². The third-order valence-electron chi connectivity index (χ3n) is 3.75. The summed E-state index contributed by atoms with van der Waals surface area (Å²) in [5.41, 5.74) is -1.37. The second-order valence-corrected chi connectivity index (χ2v) is 5.25. The van der Waals surface area contributed by atoms with Gasteiger partial charge in [0, 0.05) is 25.5 Å². The highest BCUT2D eigenvalue weighted by molar-refractivity contribution is 5.96. The highest BCUT2D eigenvalue weighted by Gasteiger charge is 2.14. The van der Waals surface area contributed by atoms with Gasteiger partial charge in [-0.2, -0.15) is 0 Å².